The molecule has 8 nitrogen and oxygen atoms in total. The van der Waals surface area contributed by atoms with Crippen molar-refractivity contribution in [2.45, 2.75) is 23.7 Å². The lowest BCUT2D eigenvalue weighted by Crippen LogP contribution is -2.35. The summed E-state index contributed by atoms with van der Waals surface area (Å²) in [7, 11) is 1.56. The van der Waals surface area contributed by atoms with Gasteiger partial charge in [-0.3, -0.25) is 9.59 Å². The minimum Gasteiger partial charge on any atom is -0.480 e. The van der Waals surface area contributed by atoms with E-state index in [9.17, 15) is 9.59 Å². The third-order valence-corrected chi connectivity index (χ3v) is 3.39. The second kappa shape index (κ2) is 10.7. The molecule has 0 bridgehead atoms. The predicted octanol–water partition coefficient (Wildman–Crippen LogP) is -0.0276. The minimum absolute atomic E-state index is 0. The molecular weight excluding hydrogens is 343 g/mol. The highest BCUT2D eigenvalue weighted by atomic mass is 35.5. The van der Waals surface area contributed by atoms with Gasteiger partial charge < -0.3 is 26.2 Å². The highest BCUT2D eigenvalue weighted by Gasteiger charge is 2.17. The maximum Gasteiger partial charge on any atom is 0.321 e. The van der Waals surface area contributed by atoms with Crippen LogP contribution >= 0.6 is 36.6 Å². The summed E-state index contributed by atoms with van der Waals surface area (Å²) in [6, 6.07) is -1.66. The summed E-state index contributed by atoms with van der Waals surface area (Å²) in [6.45, 7) is 0. The molecule has 0 aliphatic rings. The van der Waals surface area contributed by atoms with Crippen molar-refractivity contribution in [3.63, 3.8) is 0 Å². The van der Waals surface area contributed by atoms with Crippen molar-refractivity contribution in [2.75, 3.05) is 12.8 Å². The number of aromatic nitrogens is 2. The van der Waals surface area contributed by atoms with E-state index in [2.05, 4.69) is 15.3 Å². The molecule has 21 heavy (non-hydrogen) atoms. The molecule has 0 aromatic carbocycles. The summed E-state index contributed by atoms with van der Waals surface area (Å²) in [4.78, 5) is 28.4. The number of hydrogen-bond donors (Lipinski definition) is 5. The summed E-state index contributed by atoms with van der Waals surface area (Å²) in [5.41, 5.74) is 5.95. The van der Waals surface area contributed by atoms with Crippen LogP contribution in [0, 0.1) is 0 Å². The van der Waals surface area contributed by atoms with Crippen LogP contribution < -0.4 is 11.1 Å². The second-order valence-corrected chi connectivity index (χ2v) is 4.85. The molecular formula is C10H18Cl2N4O4S. The van der Waals surface area contributed by atoms with E-state index in [-0.39, 0.29) is 37.0 Å². The van der Waals surface area contributed by atoms with Gasteiger partial charge in [-0.05, 0) is 7.05 Å². The number of imidazole rings is 1. The number of rotatable bonds is 8. The van der Waals surface area contributed by atoms with Crippen LogP contribution in [-0.2, 0) is 16.0 Å². The Morgan fingerprint density at radius 3 is 2.52 bits per heavy atom. The van der Waals surface area contributed by atoms with E-state index in [1.54, 1.807) is 13.2 Å². The molecule has 0 spiro atoms. The number of likely N-dealkylation sites (N-methyl/N-ethyl adjacent to an activating group) is 1. The van der Waals surface area contributed by atoms with Crippen molar-refractivity contribution in [2.24, 2.45) is 5.73 Å². The zero-order valence-electron chi connectivity index (χ0n) is 11.1. The zero-order valence-corrected chi connectivity index (χ0v) is 13.6. The molecule has 0 fully saturated rings. The second-order valence-electron chi connectivity index (χ2n) is 3.84. The van der Waals surface area contributed by atoms with Crippen LogP contribution in [-0.4, -0.2) is 57.0 Å². The number of carboxylic acid groups (broad SMARTS) is 2. The van der Waals surface area contributed by atoms with Gasteiger partial charge in [-0.2, -0.15) is 0 Å². The van der Waals surface area contributed by atoms with E-state index in [1.165, 1.54) is 11.8 Å². The first-order valence-corrected chi connectivity index (χ1v) is 6.48. The van der Waals surface area contributed by atoms with Crippen LogP contribution in [0.2, 0.25) is 0 Å². The number of aliphatic carboxylic acids is 2. The summed E-state index contributed by atoms with van der Waals surface area (Å²) in [5, 5.41) is 20.7. The molecule has 1 aromatic heterocycles. The van der Waals surface area contributed by atoms with E-state index in [1.807, 2.05) is 0 Å². The van der Waals surface area contributed by atoms with Crippen molar-refractivity contribution in [1.82, 2.24) is 15.3 Å². The summed E-state index contributed by atoms with van der Waals surface area (Å²) >= 11 is 1.18. The Hall–Kier alpha value is -1.00. The maximum atomic E-state index is 10.8. The first-order chi connectivity index (χ1) is 8.93. The van der Waals surface area contributed by atoms with Crippen molar-refractivity contribution < 1.29 is 19.8 Å². The number of carboxylic acids is 2. The smallest absolute Gasteiger partial charge is 0.321 e. The molecule has 0 saturated heterocycles. The van der Waals surface area contributed by atoms with Gasteiger partial charge in [0.15, 0.2) is 5.16 Å². The van der Waals surface area contributed by atoms with E-state index in [4.69, 9.17) is 15.9 Å². The van der Waals surface area contributed by atoms with Crippen LogP contribution in [0.5, 0.6) is 0 Å². The Bertz CT molecular complexity index is 460. The highest BCUT2D eigenvalue weighted by molar-refractivity contribution is 7.99. The normalized spacial score (nSPS) is 12.7. The van der Waals surface area contributed by atoms with Crippen LogP contribution in [0.1, 0.15) is 5.69 Å². The van der Waals surface area contributed by atoms with Gasteiger partial charge in [0.2, 0.25) is 0 Å². The van der Waals surface area contributed by atoms with Crippen LogP contribution in [0.3, 0.4) is 0 Å². The molecule has 122 valence electrons. The first-order valence-electron chi connectivity index (χ1n) is 5.49. The van der Waals surface area contributed by atoms with Gasteiger partial charge in [0.05, 0.1) is 5.69 Å². The molecule has 1 heterocycles. The average Bonchev–Trinajstić information content (AvgIpc) is 2.80. The SMILES string of the molecule is CNC(Cc1c[nH]c(SCC(N)C(=O)O)n1)C(=O)O.Cl.Cl. The molecule has 0 amide bonds. The minimum atomic E-state index is -1.07. The summed E-state index contributed by atoms with van der Waals surface area (Å²) < 4.78 is 0. The van der Waals surface area contributed by atoms with Crippen molar-refractivity contribution in [3.8, 4) is 0 Å². The standard InChI is InChI=1S/C10H16N4O4S.2ClH/c1-12-7(9(17)18)2-5-3-13-10(14-5)19-4-6(11)8(15)16;;/h3,6-7,12H,2,4,11H2,1H3,(H,13,14)(H,15,16)(H,17,18);2*1H. The molecule has 11 heteroatoms. The Balaban J connectivity index is 0. The fraction of sp³-hybridized carbons (Fsp3) is 0.500. The molecule has 1 rings (SSSR count). The van der Waals surface area contributed by atoms with Crippen LogP contribution in [0.15, 0.2) is 11.4 Å². The molecule has 0 radical (unpaired) electrons. The van der Waals surface area contributed by atoms with Gasteiger partial charge in [0.25, 0.3) is 0 Å². The zero-order chi connectivity index (χ0) is 14.4. The first kappa shape index (κ1) is 22.3. The number of nitrogens with two attached hydrogens (primary N) is 1. The fourth-order valence-corrected chi connectivity index (χ4v) is 2.08. The largest absolute Gasteiger partial charge is 0.480 e. The van der Waals surface area contributed by atoms with Crippen molar-refractivity contribution in [3.05, 3.63) is 11.9 Å². The number of carbonyl (C=O) groups is 2. The Labute approximate surface area is 138 Å². The lowest BCUT2D eigenvalue weighted by Gasteiger charge is -2.08. The molecule has 0 aliphatic heterocycles. The number of thioether (sulfide) groups is 1. The monoisotopic (exact) mass is 360 g/mol. The van der Waals surface area contributed by atoms with Crippen molar-refractivity contribution >= 4 is 48.5 Å². The van der Waals surface area contributed by atoms with Gasteiger partial charge in [-0.1, -0.05) is 11.8 Å². The Morgan fingerprint density at radius 1 is 1.43 bits per heavy atom. The van der Waals surface area contributed by atoms with Gasteiger partial charge in [-0.15, -0.1) is 24.8 Å². The number of aromatic amines is 1. The van der Waals surface area contributed by atoms with E-state index in [0.29, 0.717) is 10.9 Å². The maximum absolute atomic E-state index is 10.8. The van der Waals surface area contributed by atoms with Crippen molar-refractivity contribution in [1.29, 1.82) is 0 Å². The molecule has 6 N–H and O–H groups in total. The molecule has 0 saturated carbocycles. The molecule has 0 aliphatic carbocycles. The van der Waals surface area contributed by atoms with Crippen LogP contribution in [0.25, 0.3) is 0 Å². The molecule has 1 aromatic rings. The van der Waals surface area contributed by atoms with Crippen LogP contribution in [0.4, 0.5) is 0 Å². The fourth-order valence-electron chi connectivity index (χ4n) is 1.28. The number of nitrogens with zero attached hydrogens (tertiary/aromatic N) is 1. The van der Waals surface area contributed by atoms with Gasteiger partial charge in [0, 0.05) is 18.4 Å². The molecule has 2 atom stereocenters. The predicted molar refractivity (Wildman–Crippen MR) is 83.6 cm³/mol. The number of halogens is 2. The lowest BCUT2D eigenvalue weighted by atomic mass is 10.2. The highest BCUT2D eigenvalue weighted by Crippen LogP contribution is 2.15. The number of H-pyrrole nitrogens is 1. The number of hydrogen-bond acceptors (Lipinski definition) is 6. The van der Waals surface area contributed by atoms with Gasteiger partial charge in [0.1, 0.15) is 12.1 Å². The topological polar surface area (TPSA) is 141 Å². The van der Waals surface area contributed by atoms with E-state index in [0.717, 1.165) is 0 Å². The Morgan fingerprint density at radius 2 is 2.05 bits per heavy atom. The Kier molecular flexibility index (Phi) is 11.3. The summed E-state index contributed by atoms with van der Waals surface area (Å²) in [6.07, 6.45) is 1.84. The van der Waals surface area contributed by atoms with Gasteiger partial charge in [-0.25, -0.2) is 4.98 Å². The average molecular weight is 361 g/mol. The lowest BCUT2D eigenvalue weighted by molar-refractivity contribution is -0.139. The quantitative estimate of drug-likeness (QED) is 0.407. The van der Waals surface area contributed by atoms with Gasteiger partial charge >= 0.3 is 11.9 Å². The number of nitrogens with one attached hydrogen (secondary N) is 2. The summed E-state index contributed by atoms with van der Waals surface area (Å²) in [5.74, 6) is -1.83. The third kappa shape index (κ3) is 7.53. The molecule has 2 unspecified atom stereocenters. The third-order valence-electron chi connectivity index (χ3n) is 2.38. The van der Waals surface area contributed by atoms with E-state index >= 15 is 0 Å². The van der Waals surface area contributed by atoms with E-state index < -0.39 is 24.0 Å².